The largest absolute Gasteiger partial charge is 0.484 e. The first-order chi connectivity index (χ1) is 9.65. The molecule has 1 aromatic heterocycles. The van der Waals surface area contributed by atoms with Crippen molar-refractivity contribution in [2.24, 2.45) is 5.10 Å². The van der Waals surface area contributed by atoms with Gasteiger partial charge in [-0.05, 0) is 42.1 Å². The molecule has 20 heavy (non-hydrogen) atoms. The Labute approximate surface area is 126 Å². The molecule has 4 nitrogen and oxygen atoms in total. The van der Waals surface area contributed by atoms with Crippen molar-refractivity contribution in [2.45, 2.75) is 6.92 Å². The van der Waals surface area contributed by atoms with E-state index in [1.165, 1.54) is 0 Å². The number of ether oxygens (including phenoxy) is 1. The zero-order chi connectivity index (χ0) is 14.4. The van der Waals surface area contributed by atoms with Gasteiger partial charge in [0.15, 0.2) is 6.61 Å². The Morgan fingerprint density at radius 3 is 3.05 bits per heavy atom. The van der Waals surface area contributed by atoms with Gasteiger partial charge < -0.3 is 4.74 Å². The average molecular weight is 309 g/mol. The van der Waals surface area contributed by atoms with E-state index < -0.39 is 0 Å². The second kappa shape index (κ2) is 7.07. The van der Waals surface area contributed by atoms with Crippen molar-refractivity contribution in [3.8, 4) is 5.75 Å². The highest BCUT2D eigenvalue weighted by Gasteiger charge is 2.03. The lowest BCUT2D eigenvalue weighted by molar-refractivity contribution is -0.123. The summed E-state index contributed by atoms with van der Waals surface area (Å²) in [6, 6.07) is 9.06. The number of amides is 1. The van der Waals surface area contributed by atoms with Gasteiger partial charge in [0, 0.05) is 9.90 Å². The number of benzene rings is 1. The van der Waals surface area contributed by atoms with Crippen LogP contribution in [0.5, 0.6) is 5.75 Å². The van der Waals surface area contributed by atoms with E-state index in [1.807, 2.05) is 24.4 Å². The predicted molar refractivity (Wildman–Crippen MR) is 81.7 cm³/mol. The summed E-state index contributed by atoms with van der Waals surface area (Å²) in [7, 11) is 0. The standard InChI is InChI=1S/C14H13ClN2O2S/c1-10-7-11(4-5-13(10)15)19-9-14(18)17-16-8-12-3-2-6-20-12/h2-8H,9H2,1H3,(H,17,18)/b16-8+. The highest BCUT2D eigenvalue weighted by atomic mass is 35.5. The molecule has 2 aromatic rings. The Bertz CT molecular complexity index is 612. The van der Waals surface area contributed by atoms with Crippen LogP contribution in [0.4, 0.5) is 0 Å². The summed E-state index contributed by atoms with van der Waals surface area (Å²) in [6.07, 6.45) is 1.59. The second-order valence-electron chi connectivity index (χ2n) is 4.01. The molecule has 0 saturated heterocycles. The summed E-state index contributed by atoms with van der Waals surface area (Å²) in [4.78, 5) is 12.5. The molecule has 1 aromatic carbocycles. The van der Waals surface area contributed by atoms with E-state index in [0.717, 1.165) is 10.4 Å². The molecule has 0 aliphatic carbocycles. The zero-order valence-electron chi connectivity index (χ0n) is 10.8. The van der Waals surface area contributed by atoms with Crippen molar-refractivity contribution in [1.82, 2.24) is 5.43 Å². The molecule has 0 aliphatic rings. The van der Waals surface area contributed by atoms with Gasteiger partial charge in [-0.2, -0.15) is 5.10 Å². The van der Waals surface area contributed by atoms with Crippen LogP contribution in [-0.4, -0.2) is 18.7 Å². The number of hydrogen-bond donors (Lipinski definition) is 1. The highest BCUT2D eigenvalue weighted by molar-refractivity contribution is 7.11. The van der Waals surface area contributed by atoms with Gasteiger partial charge in [0.2, 0.25) is 0 Å². The fraction of sp³-hybridized carbons (Fsp3) is 0.143. The molecular formula is C14H13ClN2O2S. The molecule has 0 unspecified atom stereocenters. The van der Waals surface area contributed by atoms with Gasteiger partial charge in [0.05, 0.1) is 6.21 Å². The van der Waals surface area contributed by atoms with Gasteiger partial charge >= 0.3 is 0 Å². The molecule has 0 bridgehead atoms. The van der Waals surface area contributed by atoms with Gasteiger partial charge in [0.25, 0.3) is 5.91 Å². The fourth-order valence-corrected chi connectivity index (χ4v) is 2.12. The maximum Gasteiger partial charge on any atom is 0.277 e. The summed E-state index contributed by atoms with van der Waals surface area (Å²) in [5, 5.41) is 6.45. The SMILES string of the molecule is Cc1cc(OCC(=O)N/N=C/c2cccs2)ccc1Cl. The number of aryl methyl sites for hydroxylation is 1. The number of nitrogens with zero attached hydrogens (tertiary/aromatic N) is 1. The van der Waals surface area contributed by atoms with E-state index in [4.69, 9.17) is 16.3 Å². The molecule has 0 saturated carbocycles. The van der Waals surface area contributed by atoms with Gasteiger partial charge in [-0.3, -0.25) is 4.79 Å². The van der Waals surface area contributed by atoms with Crippen LogP contribution in [0.3, 0.4) is 0 Å². The minimum atomic E-state index is -0.314. The molecule has 0 fully saturated rings. The molecule has 0 aliphatic heterocycles. The van der Waals surface area contributed by atoms with Crippen molar-refractivity contribution in [3.63, 3.8) is 0 Å². The summed E-state index contributed by atoms with van der Waals surface area (Å²) >= 11 is 7.45. The van der Waals surface area contributed by atoms with E-state index in [-0.39, 0.29) is 12.5 Å². The van der Waals surface area contributed by atoms with Gasteiger partial charge in [-0.15, -0.1) is 11.3 Å². The van der Waals surface area contributed by atoms with E-state index in [2.05, 4.69) is 10.5 Å². The van der Waals surface area contributed by atoms with Crippen LogP contribution in [0.2, 0.25) is 5.02 Å². The fourth-order valence-electron chi connectivity index (χ4n) is 1.42. The van der Waals surface area contributed by atoms with Crippen LogP contribution >= 0.6 is 22.9 Å². The number of rotatable bonds is 5. The van der Waals surface area contributed by atoms with Crippen LogP contribution in [0.25, 0.3) is 0 Å². The van der Waals surface area contributed by atoms with E-state index >= 15 is 0 Å². The molecular weight excluding hydrogens is 296 g/mol. The van der Waals surface area contributed by atoms with Gasteiger partial charge in [-0.1, -0.05) is 17.7 Å². The highest BCUT2D eigenvalue weighted by Crippen LogP contribution is 2.20. The van der Waals surface area contributed by atoms with E-state index in [9.17, 15) is 4.79 Å². The number of hydrogen-bond acceptors (Lipinski definition) is 4. The Morgan fingerprint density at radius 1 is 1.50 bits per heavy atom. The average Bonchev–Trinajstić information content (AvgIpc) is 2.93. The Hall–Kier alpha value is -1.85. The molecule has 0 radical (unpaired) electrons. The third-order valence-electron chi connectivity index (χ3n) is 2.42. The topological polar surface area (TPSA) is 50.7 Å². The third-order valence-corrected chi connectivity index (χ3v) is 3.65. The maximum atomic E-state index is 11.5. The minimum absolute atomic E-state index is 0.0944. The molecule has 1 N–H and O–H groups in total. The van der Waals surface area contributed by atoms with Crippen LogP contribution in [0.15, 0.2) is 40.8 Å². The monoisotopic (exact) mass is 308 g/mol. The summed E-state index contributed by atoms with van der Waals surface area (Å²) in [5.74, 6) is 0.287. The number of nitrogens with one attached hydrogen (secondary N) is 1. The number of carbonyl (C=O) groups excluding carboxylic acids is 1. The Morgan fingerprint density at radius 2 is 2.35 bits per heavy atom. The van der Waals surface area contributed by atoms with Crippen molar-refractivity contribution in [3.05, 3.63) is 51.2 Å². The van der Waals surface area contributed by atoms with Crippen LogP contribution in [0.1, 0.15) is 10.4 Å². The predicted octanol–water partition coefficient (Wildman–Crippen LogP) is 3.24. The zero-order valence-corrected chi connectivity index (χ0v) is 12.4. The van der Waals surface area contributed by atoms with Crippen LogP contribution in [0, 0.1) is 6.92 Å². The lowest BCUT2D eigenvalue weighted by Gasteiger charge is -2.06. The molecule has 2 rings (SSSR count). The van der Waals surface area contributed by atoms with Crippen molar-refractivity contribution in [2.75, 3.05) is 6.61 Å². The molecule has 6 heteroatoms. The lowest BCUT2D eigenvalue weighted by atomic mass is 10.2. The first-order valence-corrected chi connectivity index (χ1v) is 7.15. The van der Waals surface area contributed by atoms with E-state index in [0.29, 0.717) is 10.8 Å². The molecule has 0 spiro atoms. The second-order valence-corrected chi connectivity index (χ2v) is 5.39. The maximum absolute atomic E-state index is 11.5. The Kier molecular flexibility index (Phi) is 5.15. The summed E-state index contributed by atoms with van der Waals surface area (Å²) in [5.41, 5.74) is 3.31. The number of carbonyl (C=O) groups is 1. The quantitative estimate of drug-likeness (QED) is 0.681. The summed E-state index contributed by atoms with van der Waals surface area (Å²) < 4.78 is 5.35. The van der Waals surface area contributed by atoms with Crippen molar-refractivity contribution >= 4 is 35.1 Å². The number of hydrazone groups is 1. The Balaban J connectivity index is 1.78. The molecule has 1 heterocycles. The first-order valence-electron chi connectivity index (χ1n) is 5.89. The number of thiophene rings is 1. The first kappa shape index (κ1) is 14.6. The van der Waals surface area contributed by atoms with Gasteiger partial charge in [0.1, 0.15) is 5.75 Å². The third kappa shape index (κ3) is 4.36. The molecule has 1 amide bonds. The molecule has 0 atom stereocenters. The van der Waals surface area contributed by atoms with Crippen LogP contribution < -0.4 is 10.2 Å². The normalized spacial score (nSPS) is 10.7. The van der Waals surface area contributed by atoms with Crippen molar-refractivity contribution in [1.29, 1.82) is 0 Å². The summed E-state index contributed by atoms with van der Waals surface area (Å²) in [6.45, 7) is 1.78. The molecule has 104 valence electrons. The van der Waals surface area contributed by atoms with E-state index in [1.54, 1.807) is 35.8 Å². The van der Waals surface area contributed by atoms with Crippen LogP contribution in [-0.2, 0) is 4.79 Å². The van der Waals surface area contributed by atoms with Crippen molar-refractivity contribution < 1.29 is 9.53 Å². The smallest absolute Gasteiger partial charge is 0.277 e. The number of halogens is 1. The van der Waals surface area contributed by atoms with Gasteiger partial charge in [-0.25, -0.2) is 5.43 Å². The lowest BCUT2D eigenvalue weighted by Crippen LogP contribution is -2.24. The minimum Gasteiger partial charge on any atom is -0.484 e.